The Balaban J connectivity index is 1.00. The molecule has 11 N–H and O–H groups in total. The molecule has 68 heavy (non-hydrogen) atoms. The molecule has 0 aromatic carbocycles. The van der Waals surface area contributed by atoms with E-state index in [1.807, 2.05) is 13.8 Å². The van der Waals surface area contributed by atoms with Crippen LogP contribution in [0.15, 0.2) is 24.3 Å². The minimum atomic E-state index is -1.90. The maximum absolute atomic E-state index is 15.1. The van der Waals surface area contributed by atoms with Crippen LogP contribution in [-0.4, -0.2) is 193 Å². The van der Waals surface area contributed by atoms with Gasteiger partial charge in [-0.05, 0) is 91.9 Å². The van der Waals surface area contributed by atoms with Gasteiger partial charge in [-0.1, -0.05) is 39.5 Å². The minimum absolute atomic E-state index is 0.105. The monoisotopic (exact) mass is 970 g/mol. The largest absolute Gasteiger partial charge is 0.462 e. The molecule has 8 aliphatic rings. The molecule has 386 valence electrons. The van der Waals surface area contributed by atoms with E-state index >= 15 is 4.79 Å². The normalized spacial score (nSPS) is 52.4. The highest BCUT2D eigenvalue weighted by Crippen LogP contribution is 2.77. The number of aliphatic hydroxyl groups is 11. The number of ether oxygens (including phenoxy) is 7. The Morgan fingerprint density at radius 1 is 0.765 bits per heavy atom. The van der Waals surface area contributed by atoms with Gasteiger partial charge in [0.05, 0.1) is 56.6 Å². The molecule has 20 nitrogen and oxygen atoms in total. The summed E-state index contributed by atoms with van der Waals surface area (Å²) in [6.07, 6.45) is -20.8. The van der Waals surface area contributed by atoms with Crippen LogP contribution in [0, 0.1) is 51.2 Å². The number of hydrogen-bond donors (Lipinski definition) is 11. The van der Waals surface area contributed by atoms with E-state index in [-0.39, 0.29) is 49.0 Å². The van der Waals surface area contributed by atoms with Crippen LogP contribution >= 0.6 is 0 Å². The van der Waals surface area contributed by atoms with E-state index in [1.54, 1.807) is 0 Å². The lowest BCUT2D eigenvalue weighted by Gasteiger charge is -2.71. The molecule has 4 aliphatic heterocycles. The molecular weight excluding hydrogens is 897 g/mol. The Morgan fingerprint density at radius 3 is 2.12 bits per heavy atom. The highest BCUT2D eigenvalue weighted by atomic mass is 16.7. The molecule has 0 aromatic rings. The highest BCUT2D eigenvalue weighted by molar-refractivity contribution is 5.78. The summed E-state index contributed by atoms with van der Waals surface area (Å²) in [5.74, 6) is -2.45. The lowest BCUT2D eigenvalue weighted by Crippen LogP contribution is -2.69. The lowest BCUT2D eigenvalue weighted by molar-refractivity contribution is -0.342. The smallest absolute Gasteiger partial charge is 0.314 e. The SMILES string of the molecule is C=C(C)C1CCC2(C(=O)OC3OC(COC4OC(CO)C(OC5CC(CO)OC(O)C5O)C(O)C4O)C(O)C(O)C3O)CCC3(C)C(CC4OC(=O)CC(O)C5(C)C(C(=C)CO)CCC3(C)C45)C12. The number of hydrogen-bond acceptors (Lipinski definition) is 20. The van der Waals surface area contributed by atoms with Crippen molar-refractivity contribution in [3.8, 4) is 0 Å². The summed E-state index contributed by atoms with van der Waals surface area (Å²) in [4.78, 5) is 28.5. The van der Waals surface area contributed by atoms with Crippen LogP contribution in [0.1, 0.15) is 85.5 Å². The first kappa shape index (κ1) is 52.1. The lowest BCUT2D eigenvalue weighted by atomic mass is 9.33. The summed E-state index contributed by atoms with van der Waals surface area (Å²) in [5.41, 5.74) is -1.43. The van der Waals surface area contributed by atoms with Gasteiger partial charge in [-0.15, -0.1) is 0 Å². The van der Waals surface area contributed by atoms with Gasteiger partial charge < -0.3 is 89.3 Å². The van der Waals surface area contributed by atoms with Gasteiger partial charge >= 0.3 is 11.9 Å². The molecule has 4 saturated heterocycles. The summed E-state index contributed by atoms with van der Waals surface area (Å²) in [5, 5.41) is 118. The number of allylic oxidation sites excluding steroid dienone is 1. The first-order valence-electron chi connectivity index (χ1n) is 24.3. The Kier molecular flexibility index (Phi) is 14.8. The second-order valence-electron chi connectivity index (χ2n) is 22.0. The fourth-order valence-electron chi connectivity index (χ4n) is 15.0. The van der Waals surface area contributed by atoms with Crippen molar-refractivity contribution in [1.82, 2.24) is 0 Å². The summed E-state index contributed by atoms with van der Waals surface area (Å²) < 4.78 is 40.8. The van der Waals surface area contributed by atoms with Crippen molar-refractivity contribution in [2.75, 3.05) is 26.4 Å². The van der Waals surface area contributed by atoms with Crippen LogP contribution in [0.25, 0.3) is 0 Å². The van der Waals surface area contributed by atoms with Gasteiger partial charge in [-0.25, -0.2) is 0 Å². The third-order valence-electron chi connectivity index (χ3n) is 18.8. The molecule has 4 aliphatic carbocycles. The molecule has 0 amide bonds. The molecule has 25 atom stereocenters. The third-order valence-corrected chi connectivity index (χ3v) is 18.8. The van der Waals surface area contributed by atoms with Crippen molar-refractivity contribution >= 4 is 11.9 Å². The zero-order valence-corrected chi connectivity index (χ0v) is 39.3. The molecule has 8 rings (SSSR count). The molecule has 0 aromatic heterocycles. The summed E-state index contributed by atoms with van der Waals surface area (Å²) in [6, 6.07) is 0. The van der Waals surface area contributed by atoms with Gasteiger partial charge in [-0.2, -0.15) is 0 Å². The van der Waals surface area contributed by atoms with Crippen LogP contribution < -0.4 is 0 Å². The maximum Gasteiger partial charge on any atom is 0.314 e. The number of carbonyl (C=O) groups is 2. The average Bonchev–Trinajstić information content (AvgIpc) is 3.67. The van der Waals surface area contributed by atoms with Crippen LogP contribution in [0.5, 0.6) is 0 Å². The highest BCUT2D eigenvalue weighted by Gasteiger charge is 2.75. The first-order chi connectivity index (χ1) is 32.0. The minimum Gasteiger partial charge on any atom is -0.462 e. The summed E-state index contributed by atoms with van der Waals surface area (Å²) in [7, 11) is 0. The van der Waals surface area contributed by atoms with E-state index < -0.39 is 152 Å². The van der Waals surface area contributed by atoms with Crippen LogP contribution in [0.2, 0.25) is 0 Å². The zero-order chi connectivity index (χ0) is 49.6. The van der Waals surface area contributed by atoms with Crippen molar-refractivity contribution in [2.24, 2.45) is 51.2 Å². The van der Waals surface area contributed by atoms with Crippen LogP contribution in [0.3, 0.4) is 0 Å². The Morgan fingerprint density at radius 2 is 1.46 bits per heavy atom. The third kappa shape index (κ3) is 8.23. The predicted octanol–water partition coefficient (Wildman–Crippen LogP) is -1.32. The van der Waals surface area contributed by atoms with E-state index in [9.17, 15) is 61.0 Å². The predicted molar refractivity (Wildman–Crippen MR) is 232 cm³/mol. The van der Waals surface area contributed by atoms with Crippen molar-refractivity contribution in [1.29, 1.82) is 0 Å². The molecule has 25 unspecified atom stereocenters. The van der Waals surface area contributed by atoms with E-state index in [4.69, 9.17) is 33.2 Å². The Hall–Kier alpha value is -2.22. The molecule has 0 radical (unpaired) electrons. The molecule has 0 bridgehead atoms. The van der Waals surface area contributed by atoms with Gasteiger partial charge in [-0.3, -0.25) is 9.59 Å². The second kappa shape index (κ2) is 19.3. The molecule has 0 spiro atoms. The number of carbonyl (C=O) groups excluding carboxylic acids is 2. The van der Waals surface area contributed by atoms with E-state index in [0.29, 0.717) is 50.5 Å². The molecule has 4 saturated carbocycles. The standard InChI is InChI=1S/C48H74O20/c1-20(2)23-7-10-48(12-11-45(4)25(32(23)48)14-27-40-46(45,5)9-8-24(21(3)16-49)47(40,6)30(52)15-31(53)64-27)44(61)68-43-37(58)35(56)33(54)29(67-43)19-62-42-38(59)36(57)39(28(18-51)66-42)65-26-13-22(17-50)63-41(60)34(26)55/h22-30,32-43,49-52,54-60H,1,3,7-19H2,2,4-6H3. The van der Waals surface area contributed by atoms with E-state index in [2.05, 4.69) is 27.0 Å². The average molecular weight is 971 g/mol. The van der Waals surface area contributed by atoms with Gasteiger partial charge in [0.1, 0.15) is 61.0 Å². The van der Waals surface area contributed by atoms with Crippen molar-refractivity contribution in [2.45, 2.75) is 184 Å². The van der Waals surface area contributed by atoms with E-state index in [1.165, 1.54) is 0 Å². The maximum atomic E-state index is 15.1. The van der Waals surface area contributed by atoms with Crippen molar-refractivity contribution in [3.63, 3.8) is 0 Å². The van der Waals surface area contributed by atoms with E-state index in [0.717, 1.165) is 5.57 Å². The van der Waals surface area contributed by atoms with Gasteiger partial charge in [0, 0.05) is 17.8 Å². The van der Waals surface area contributed by atoms with Gasteiger partial charge in [0.25, 0.3) is 0 Å². The molecule has 8 fully saturated rings. The first-order valence-corrected chi connectivity index (χ1v) is 24.3. The second-order valence-corrected chi connectivity index (χ2v) is 22.0. The van der Waals surface area contributed by atoms with Crippen LogP contribution in [0.4, 0.5) is 0 Å². The van der Waals surface area contributed by atoms with Gasteiger partial charge in [0.2, 0.25) is 6.29 Å². The van der Waals surface area contributed by atoms with Crippen molar-refractivity contribution in [3.05, 3.63) is 24.3 Å². The Labute approximate surface area is 395 Å². The fourth-order valence-corrected chi connectivity index (χ4v) is 15.0. The molecule has 20 heteroatoms. The fraction of sp³-hybridized carbons (Fsp3) is 0.875. The topological polar surface area (TPSA) is 321 Å². The van der Waals surface area contributed by atoms with Gasteiger partial charge in [0.15, 0.2) is 12.6 Å². The zero-order valence-electron chi connectivity index (χ0n) is 39.3. The Bertz CT molecular complexity index is 1880. The summed E-state index contributed by atoms with van der Waals surface area (Å²) in [6.45, 7) is 14.8. The molecular formula is C48H74O20. The summed E-state index contributed by atoms with van der Waals surface area (Å²) >= 11 is 0. The number of fused-ring (bicyclic) bond motifs is 4. The quantitative estimate of drug-likeness (QED) is 0.0798. The van der Waals surface area contributed by atoms with Crippen molar-refractivity contribution < 1.29 is 98.9 Å². The number of aliphatic hydroxyl groups excluding tert-OH is 11. The number of rotatable bonds is 12. The van der Waals surface area contributed by atoms with Crippen LogP contribution in [-0.2, 0) is 42.7 Å². The molecule has 4 heterocycles. The number of esters is 2.